The third-order valence-electron chi connectivity index (χ3n) is 6.23. The average molecular weight is 474 g/mol. The zero-order chi connectivity index (χ0) is 24.1. The fraction of sp³-hybridized carbons (Fsp3) is 0.310. The molecule has 176 valence electrons. The molecular formula is C29H31NO3S. The van der Waals surface area contributed by atoms with Crippen molar-refractivity contribution >= 4 is 50.5 Å². The molecule has 0 N–H and O–H groups in total. The zero-order valence-electron chi connectivity index (χ0n) is 20.1. The topological polar surface area (TPSA) is 48.3 Å². The molecule has 2 aromatic heterocycles. The van der Waals surface area contributed by atoms with Crippen molar-refractivity contribution in [2.45, 2.75) is 59.4 Å². The Labute approximate surface area is 204 Å². The van der Waals surface area contributed by atoms with Crippen LogP contribution >= 0.6 is 11.3 Å². The predicted molar refractivity (Wildman–Crippen MR) is 141 cm³/mol. The summed E-state index contributed by atoms with van der Waals surface area (Å²) in [5.41, 5.74) is 5.03. The van der Waals surface area contributed by atoms with E-state index in [-0.39, 0.29) is 11.8 Å². The second-order valence-corrected chi connectivity index (χ2v) is 9.53. The highest BCUT2D eigenvalue weighted by Crippen LogP contribution is 2.34. The van der Waals surface area contributed by atoms with Crippen LogP contribution in [0.3, 0.4) is 0 Å². The van der Waals surface area contributed by atoms with Crippen LogP contribution in [-0.2, 0) is 16.1 Å². The van der Waals surface area contributed by atoms with Crippen molar-refractivity contribution in [3.8, 4) is 0 Å². The third-order valence-corrected chi connectivity index (χ3v) is 7.09. The molecule has 0 aliphatic carbocycles. The highest BCUT2D eigenvalue weighted by atomic mass is 32.1. The minimum atomic E-state index is -0.313. The molecule has 0 atom stereocenters. The highest BCUT2D eigenvalue weighted by molar-refractivity contribution is 7.12. The summed E-state index contributed by atoms with van der Waals surface area (Å²) in [5.74, 6) is -0.261. The summed E-state index contributed by atoms with van der Waals surface area (Å²) in [5, 5.41) is 4.11. The van der Waals surface area contributed by atoms with E-state index in [4.69, 9.17) is 4.74 Å². The van der Waals surface area contributed by atoms with Gasteiger partial charge in [0.15, 0.2) is 0 Å². The maximum absolute atomic E-state index is 13.0. The third kappa shape index (κ3) is 5.00. The van der Waals surface area contributed by atoms with Crippen molar-refractivity contribution in [1.29, 1.82) is 0 Å². The van der Waals surface area contributed by atoms with Crippen LogP contribution in [-0.4, -0.2) is 16.3 Å². The summed E-state index contributed by atoms with van der Waals surface area (Å²) >= 11 is 1.47. The lowest BCUT2D eigenvalue weighted by molar-refractivity contribution is -0.135. The Bertz CT molecular complexity index is 1340. The van der Waals surface area contributed by atoms with Crippen LogP contribution in [0.5, 0.6) is 0 Å². The lowest BCUT2D eigenvalue weighted by Gasteiger charge is -2.09. The molecule has 34 heavy (non-hydrogen) atoms. The van der Waals surface area contributed by atoms with Gasteiger partial charge in [-0.2, -0.15) is 0 Å². The Kier molecular flexibility index (Phi) is 7.63. The number of hydrogen-bond acceptors (Lipinski definition) is 4. The number of carbonyl (C=O) groups excluding carboxylic acids is 2. The van der Waals surface area contributed by atoms with E-state index in [9.17, 15) is 9.59 Å². The maximum atomic E-state index is 13.0. The largest absolute Gasteiger partial charge is 0.434 e. The molecule has 0 aliphatic heterocycles. The first-order valence-corrected chi connectivity index (χ1v) is 12.9. The molecule has 0 saturated carbocycles. The first kappa shape index (κ1) is 24.0. The van der Waals surface area contributed by atoms with Crippen molar-refractivity contribution in [2.24, 2.45) is 0 Å². The second kappa shape index (κ2) is 10.8. The number of rotatable bonds is 10. The van der Waals surface area contributed by atoms with Gasteiger partial charge in [0.25, 0.3) is 0 Å². The highest BCUT2D eigenvalue weighted by Gasteiger charge is 2.16. The first-order valence-electron chi connectivity index (χ1n) is 12.0. The molecule has 4 rings (SSSR count). The maximum Gasteiger partial charge on any atom is 0.307 e. The van der Waals surface area contributed by atoms with Crippen molar-refractivity contribution in [3.63, 3.8) is 0 Å². The molecule has 5 heteroatoms. The van der Waals surface area contributed by atoms with Crippen molar-refractivity contribution < 1.29 is 14.3 Å². The van der Waals surface area contributed by atoms with Gasteiger partial charge < -0.3 is 9.30 Å². The van der Waals surface area contributed by atoms with Crippen molar-refractivity contribution in [1.82, 2.24) is 4.57 Å². The molecule has 2 aromatic carbocycles. The Morgan fingerprint density at radius 2 is 1.65 bits per heavy atom. The number of aromatic nitrogens is 1. The van der Waals surface area contributed by atoms with Gasteiger partial charge in [0, 0.05) is 40.8 Å². The van der Waals surface area contributed by atoms with Gasteiger partial charge in [-0.15, -0.1) is 11.3 Å². The average Bonchev–Trinajstić information content (AvgIpc) is 3.49. The molecule has 0 amide bonds. The van der Waals surface area contributed by atoms with Gasteiger partial charge in [0.2, 0.25) is 5.78 Å². The number of fused-ring (bicyclic) bond motifs is 3. The van der Waals surface area contributed by atoms with Crippen LogP contribution in [0.25, 0.3) is 27.4 Å². The molecule has 2 heterocycles. The van der Waals surface area contributed by atoms with Crippen LogP contribution in [0.1, 0.15) is 73.7 Å². The lowest BCUT2D eigenvalue weighted by Crippen LogP contribution is -1.98. The summed E-state index contributed by atoms with van der Waals surface area (Å²) in [7, 11) is 0. The molecule has 0 spiro atoms. The Morgan fingerprint density at radius 1 is 0.941 bits per heavy atom. The SMILES string of the molecule is CCCCCC/C(=C\OC(C)=O)c1ccc2c(c1)c1cc(C(=O)c3cccs3)ccc1n2CC. The number of unbranched alkanes of at least 4 members (excludes halogenated alkanes) is 3. The number of nitrogens with zero attached hydrogens (tertiary/aromatic N) is 1. The number of benzene rings is 2. The van der Waals surface area contributed by atoms with Crippen LogP contribution in [0.2, 0.25) is 0 Å². The first-order chi connectivity index (χ1) is 16.5. The van der Waals surface area contributed by atoms with Crippen LogP contribution in [0, 0.1) is 0 Å². The van der Waals surface area contributed by atoms with Gasteiger partial charge in [-0.05, 0) is 72.7 Å². The lowest BCUT2D eigenvalue weighted by atomic mass is 9.98. The number of carbonyl (C=O) groups is 2. The molecular weight excluding hydrogens is 442 g/mol. The predicted octanol–water partition coefficient (Wildman–Crippen LogP) is 7.98. The van der Waals surface area contributed by atoms with E-state index in [1.54, 1.807) is 6.26 Å². The summed E-state index contributed by atoms with van der Waals surface area (Å²) in [4.78, 5) is 25.2. The van der Waals surface area contributed by atoms with Gasteiger partial charge in [-0.25, -0.2) is 0 Å². The van der Waals surface area contributed by atoms with Gasteiger partial charge in [0.05, 0.1) is 11.1 Å². The summed E-state index contributed by atoms with van der Waals surface area (Å²) in [6.07, 6.45) is 7.05. The van der Waals surface area contributed by atoms with Gasteiger partial charge in [-0.1, -0.05) is 38.3 Å². The number of allylic oxidation sites excluding steroid dienone is 1. The molecule has 0 aliphatic rings. The van der Waals surface area contributed by atoms with E-state index in [2.05, 4.69) is 42.7 Å². The standard InChI is InChI=1S/C29H31NO3S/c1-4-6-7-8-10-23(19-33-20(3)31)21-12-14-26-24(17-21)25-18-22(13-15-27(25)30(26)5-2)29(32)28-11-9-16-34-28/h9,11-19H,4-8,10H2,1-3H3/b23-19+. The number of ether oxygens (including phenoxy) is 1. The van der Waals surface area contributed by atoms with E-state index in [1.807, 2.05) is 29.6 Å². The number of ketones is 1. The Morgan fingerprint density at radius 3 is 2.26 bits per heavy atom. The van der Waals surface area contributed by atoms with E-state index in [0.29, 0.717) is 5.56 Å². The Balaban J connectivity index is 1.80. The van der Waals surface area contributed by atoms with Gasteiger partial charge in [-0.3, -0.25) is 9.59 Å². The molecule has 0 unspecified atom stereocenters. The van der Waals surface area contributed by atoms with Crippen LogP contribution in [0.4, 0.5) is 0 Å². The summed E-state index contributed by atoms with van der Waals surface area (Å²) < 4.78 is 7.57. The van der Waals surface area contributed by atoms with Crippen LogP contribution in [0.15, 0.2) is 60.2 Å². The molecule has 0 fully saturated rings. The van der Waals surface area contributed by atoms with E-state index in [1.165, 1.54) is 31.1 Å². The number of thiophene rings is 1. The van der Waals surface area contributed by atoms with Crippen molar-refractivity contribution in [3.05, 3.63) is 76.2 Å². The van der Waals surface area contributed by atoms with Crippen molar-refractivity contribution in [2.75, 3.05) is 0 Å². The summed E-state index contributed by atoms with van der Waals surface area (Å²) in [6, 6.07) is 16.2. The van der Waals surface area contributed by atoms with Gasteiger partial charge in [0.1, 0.15) is 0 Å². The Hall–Kier alpha value is -3.18. The second-order valence-electron chi connectivity index (χ2n) is 8.58. The molecule has 4 aromatic rings. The van der Waals surface area contributed by atoms with Crippen LogP contribution < -0.4 is 0 Å². The zero-order valence-corrected chi connectivity index (χ0v) is 20.9. The van der Waals surface area contributed by atoms with E-state index >= 15 is 0 Å². The number of esters is 1. The number of hydrogen-bond donors (Lipinski definition) is 0. The quantitative estimate of drug-likeness (QED) is 0.101. The smallest absolute Gasteiger partial charge is 0.307 e. The molecule has 0 bridgehead atoms. The molecule has 0 saturated heterocycles. The van der Waals surface area contributed by atoms with Gasteiger partial charge >= 0.3 is 5.97 Å². The van der Waals surface area contributed by atoms with E-state index < -0.39 is 0 Å². The normalized spacial score (nSPS) is 11.9. The van der Waals surface area contributed by atoms with E-state index in [0.717, 1.165) is 63.6 Å². The minimum absolute atomic E-state index is 0.0526. The fourth-order valence-electron chi connectivity index (χ4n) is 4.50. The summed E-state index contributed by atoms with van der Waals surface area (Å²) in [6.45, 7) is 6.60. The minimum Gasteiger partial charge on any atom is -0.434 e. The fourth-order valence-corrected chi connectivity index (χ4v) is 5.19. The number of aryl methyl sites for hydroxylation is 1. The molecule has 4 nitrogen and oxygen atoms in total. The molecule has 0 radical (unpaired) electrons. The monoisotopic (exact) mass is 473 g/mol.